The number of rotatable bonds is 2. The summed E-state index contributed by atoms with van der Waals surface area (Å²) in [6, 6.07) is 0. The van der Waals surface area contributed by atoms with Gasteiger partial charge in [-0.2, -0.15) is 0 Å². The fourth-order valence-corrected chi connectivity index (χ4v) is 0.118. The summed E-state index contributed by atoms with van der Waals surface area (Å²) in [7, 11) is 0. The summed E-state index contributed by atoms with van der Waals surface area (Å²) in [6.07, 6.45) is 2.58. The van der Waals surface area contributed by atoms with E-state index in [0.29, 0.717) is 6.42 Å². The summed E-state index contributed by atoms with van der Waals surface area (Å²) < 4.78 is 0. The predicted octanol–water partition coefficient (Wildman–Crippen LogP) is 1.03. The van der Waals surface area contributed by atoms with Crippen LogP contribution in [-0.2, 0) is 5.11 Å². The molecule has 0 bridgehead atoms. The second-order valence-corrected chi connectivity index (χ2v) is 0.901. The fraction of sp³-hybridized carbons (Fsp3) is 0.750. The van der Waals surface area contributed by atoms with Gasteiger partial charge in [-0.25, -0.2) is 5.11 Å². The van der Waals surface area contributed by atoms with Crippen LogP contribution in [0.2, 0.25) is 0 Å². The Balaban J connectivity index is 2.19. The largest absolute Gasteiger partial charge is 0.237 e. The van der Waals surface area contributed by atoms with Crippen molar-refractivity contribution in [3.63, 3.8) is 0 Å². The molecule has 0 unspecified atom stereocenters. The van der Waals surface area contributed by atoms with E-state index >= 15 is 0 Å². The first-order valence-electron chi connectivity index (χ1n) is 1.77. The minimum atomic E-state index is 0.0382. The summed E-state index contributed by atoms with van der Waals surface area (Å²) in [5, 5.41) is 9.50. The highest BCUT2D eigenvalue weighted by atomic mass is 16.2. The van der Waals surface area contributed by atoms with Crippen molar-refractivity contribution in [3.8, 4) is 0 Å². The molecule has 5 heavy (non-hydrogen) atoms. The Bertz CT molecular complexity index is 11.1. The zero-order chi connectivity index (χ0) is 4.12. The Morgan fingerprint density at radius 1 is 1.80 bits per heavy atom. The molecule has 0 rings (SSSR count). The monoisotopic (exact) mass is 72.1 g/mol. The molecule has 0 aliphatic heterocycles. The Labute approximate surface area is 32.6 Å². The molecule has 1 nitrogen and oxygen atoms in total. The molecule has 0 saturated carbocycles. The maximum Gasteiger partial charge on any atom is 0.0825 e. The Hall–Kier alpha value is -0.0400. The van der Waals surface area contributed by atoms with Crippen molar-refractivity contribution in [3.05, 3.63) is 6.42 Å². The van der Waals surface area contributed by atoms with Crippen LogP contribution in [0, 0.1) is 6.42 Å². The van der Waals surface area contributed by atoms with E-state index < -0.39 is 0 Å². The summed E-state index contributed by atoms with van der Waals surface area (Å²) in [6.45, 7) is 1.92. The van der Waals surface area contributed by atoms with Gasteiger partial charge in [0.25, 0.3) is 0 Å². The van der Waals surface area contributed by atoms with E-state index in [0.717, 1.165) is 0 Å². The lowest BCUT2D eigenvalue weighted by atomic mass is 10.4. The smallest absolute Gasteiger partial charge is 0.0825 e. The van der Waals surface area contributed by atoms with Crippen molar-refractivity contribution in [2.75, 3.05) is 6.61 Å². The SMILES string of the molecule is C[CH]CC[O]. The molecule has 0 aliphatic carbocycles. The number of hydrogen-bond donors (Lipinski definition) is 0. The van der Waals surface area contributed by atoms with Crippen LogP contribution in [0.5, 0.6) is 0 Å². The second-order valence-electron chi connectivity index (χ2n) is 0.901. The van der Waals surface area contributed by atoms with Crippen LogP contribution < -0.4 is 0 Å². The van der Waals surface area contributed by atoms with Gasteiger partial charge in [-0.1, -0.05) is 6.92 Å². The third kappa shape index (κ3) is 3.96. The molecule has 30 valence electrons. The third-order valence-corrected chi connectivity index (χ3v) is 0.407. The van der Waals surface area contributed by atoms with Crippen LogP contribution >= 0.6 is 0 Å². The topological polar surface area (TPSA) is 19.9 Å². The van der Waals surface area contributed by atoms with Gasteiger partial charge in [0.1, 0.15) is 0 Å². The van der Waals surface area contributed by atoms with E-state index in [9.17, 15) is 5.11 Å². The molecular formula is C4H8O. The molecule has 0 aromatic rings. The van der Waals surface area contributed by atoms with Crippen LogP contribution in [-0.4, -0.2) is 6.61 Å². The highest BCUT2D eigenvalue weighted by Crippen LogP contribution is 1.77. The van der Waals surface area contributed by atoms with Crippen LogP contribution in [0.1, 0.15) is 13.3 Å². The van der Waals surface area contributed by atoms with E-state index in [2.05, 4.69) is 0 Å². The number of unbranched alkanes of at least 4 members (excludes halogenated alkanes) is 1. The highest BCUT2D eigenvalue weighted by Gasteiger charge is 1.71. The van der Waals surface area contributed by atoms with Crippen molar-refractivity contribution in [2.45, 2.75) is 13.3 Å². The fourth-order valence-electron chi connectivity index (χ4n) is 0.118. The standard InChI is InChI=1S/C4H8O/c1-2-3-4-5/h2H,3-4H2,1H3. The molecule has 0 amide bonds. The van der Waals surface area contributed by atoms with Gasteiger partial charge in [-0.15, -0.1) is 0 Å². The molecule has 0 aliphatic rings. The van der Waals surface area contributed by atoms with Crippen molar-refractivity contribution < 1.29 is 5.11 Å². The normalized spacial score (nSPS) is 8.40. The average molecular weight is 72.1 g/mol. The van der Waals surface area contributed by atoms with Crippen LogP contribution in [0.15, 0.2) is 0 Å². The summed E-state index contributed by atoms with van der Waals surface area (Å²) >= 11 is 0. The van der Waals surface area contributed by atoms with E-state index in [1.807, 2.05) is 13.3 Å². The minimum absolute atomic E-state index is 0.0382. The lowest BCUT2D eigenvalue weighted by molar-refractivity contribution is 0.196. The first kappa shape index (κ1) is 4.96. The first-order chi connectivity index (χ1) is 2.41. The van der Waals surface area contributed by atoms with Gasteiger partial charge < -0.3 is 0 Å². The molecule has 1 heteroatoms. The molecule has 0 saturated heterocycles. The van der Waals surface area contributed by atoms with E-state index in [-0.39, 0.29) is 6.61 Å². The Kier molecular flexibility index (Phi) is 3.93. The molecule has 0 spiro atoms. The zero-order valence-corrected chi connectivity index (χ0v) is 3.40. The molecule has 0 atom stereocenters. The van der Waals surface area contributed by atoms with E-state index in [4.69, 9.17) is 0 Å². The molecule has 0 aromatic heterocycles. The average Bonchev–Trinajstić information content (AvgIpc) is 1.41. The van der Waals surface area contributed by atoms with Gasteiger partial charge in [0.2, 0.25) is 0 Å². The van der Waals surface area contributed by atoms with Crippen molar-refractivity contribution in [1.29, 1.82) is 0 Å². The van der Waals surface area contributed by atoms with Crippen LogP contribution in [0.25, 0.3) is 0 Å². The Morgan fingerprint density at radius 2 is 2.40 bits per heavy atom. The molecule has 0 heterocycles. The summed E-state index contributed by atoms with van der Waals surface area (Å²) in [4.78, 5) is 0. The van der Waals surface area contributed by atoms with Gasteiger partial charge in [0, 0.05) is 0 Å². The quantitative estimate of drug-likeness (QED) is 0.464. The van der Waals surface area contributed by atoms with Crippen molar-refractivity contribution in [1.82, 2.24) is 0 Å². The van der Waals surface area contributed by atoms with Gasteiger partial charge in [-0.3, -0.25) is 0 Å². The van der Waals surface area contributed by atoms with E-state index in [1.54, 1.807) is 0 Å². The minimum Gasteiger partial charge on any atom is -0.237 e. The van der Waals surface area contributed by atoms with Gasteiger partial charge in [0.05, 0.1) is 6.61 Å². The molecule has 2 radical (unpaired) electrons. The molecule has 0 fully saturated rings. The summed E-state index contributed by atoms with van der Waals surface area (Å²) in [5.41, 5.74) is 0. The van der Waals surface area contributed by atoms with Crippen LogP contribution in [0.4, 0.5) is 0 Å². The molecule has 0 N–H and O–H groups in total. The molecule has 0 aromatic carbocycles. The van der Waals surface area contributed by atoms with Gasteiger partial charge >= 0.3 is 0 Å². The van der Waals surface area contributed by atoms with Crippen LogP contribution in [0.3, 0.4) is 0 Å². The maximum absolute atomic E-state index is 9.50. The lowest BCUT2D eigenvalue weighted by Gasteiger charge is -1.76. The zero-order valence-electron chi connectivity index (χ0n) is 3.40. The van der Waals surface area contributed by atoms with Crippen molar-refractivity contribution in [2.24, 2.45) is 0 Å². The number of hydrogen-bond acceptors (Lipinski definition) is 0. The first-order valence-corrected chi connectivity index (χ1v) is 1.77. The summed E-state index contributed by atoms with van der Waals surface area (Å²) in [5.74, 6) is 0. The lowest BCUT2D eigenvalue weighted by Crippen LogP contribution is -1.73. The predicted molar refractivity (Wildman–Crippen MR) is 20.1 cm³/mol. The van der Waals surface area contributed by atoms with E-state index in [1.165, 1.54) is 0 Å². The molecular weight excluding hydrogens is 64.0 g/mol. The Morgan fingerprint density at radius 3 is 2.40 bits per heavy atom. The van der Waals surface area contributed by atoms with Crippen molar-refractivity contribution >= 4 is 0 Å². The van der Waals surface area contributed by atoms with Gasteiger partial charge in [0.15, 0.2) is 0 Å². The third-order valence-electron chi connectivity index (χ3n) is 0.407. The highest BCUT2D eigenvalue weighted by molar-refractivity contribution is 4.50. The maximum atomic E-state index is 9.50. The second kappa shape index (κ2) is 3.96. The van der Waals surface area contributed by atoms with Gasteiger partial charge in [-0.05, 0) is 12.8 Å².